The number of hydrogen-bond acceptors (Lipinski definition) is 5. The molecule has 1 aliphatic rings. The highest BCUT2D eigenvalue weighted by atomic mass is 19.1. The molecule has 1 aromatic carbocycles. The Bertz CT molecular complexity index is 1040. The molecule has 25 heavy (non-hydrogen) atoms. The quantitative estimate of drug-likeness (QED) is 0.722. The first-order chi connectivity index (χ1) is 12.0. The molecular formula is C17H13FN4O3. The number of nitrogens with zero attached hydrogens (tertiary/aromatic N) is 3. The van der Waals surface area contributed by atoms with Crippen LogP contribution in [0.2, 0.25) is 0 Å². The lowest BCUT2D eigenvalue weighted by Crippen LogP contribution is -2.16. The van der Waals surface area contributed by atoms with Crippen molar-refractivity contribution in [3.05, 3.63) is 58.9 Å². The molecule has 7 nitrogen and oxygen atoms in total. The lowest BCUT2D eigenvalue weighted by molar-refractivity contribution is -0.116. The maximum absolute atomic E-state index is 13.7. The number of anilines is 1. The Morgan fingerprint density at radius 2 is 2.20 bits per heavy atom. The van der Waals surface area contributed by atoms with Crippen LogP contribution in [-0.2, 0) is 9.53 Å². The van der Waals surface area contributed by atoms with E-state index in [0.717, 1.165) is 0 Å². The van der Waals surface area contributed by atoms with Crippen LogP contribution in [0.5, 0.6) is 0 Å². The van der Waals surface area contributed by atoms with Gasteiger partial charge in [-0.25, -0.2) is 18.7 Å². The van der Waals surface area contributed by atoms with E-state index in [2.05, 4.69) is 15.4 Å². The summed E-state index contributed by atoms with van der Waals surface area (Å²) < 4.78 is 19.9. The van der Waals surface area contributed by atoms with Gasteiger partial charge in [0, 0.05) is 11.9 Å². The summed E-state index contributed by atoms with van der Waals surface area (Å²) in [4.78, 5) is 28.7. The summed E-state index contributed by atoms with van der Waals surface area (Å²) in [6.07, 6.45) is 2.83. The zero-order chi connectivity index (χ0) is 17.7. The fourth-order valence-corrected chi connectivity index (χ4v) is 3.22. The Hall–Kier alpha value is -3.29. The molecule has 2 aromatic heterocycles. The third kappa shape index (κ3) is 2.18. The number of hydrogen-bond donors (Lipinski definition) is 1. The number of carbonyl (C=O) groups excluding carboxylic acids is 2. The van der Waals surface area contributed by atoms with Crippen LogP contribution < -0.4 is 5.32 Å². The summed E-state index contributed by atoms with van der Waals surface area (Å²) in [7, 11) is 1.29. The third-order valence-corrected chi connectivity index (χ3v) is 4.38. The van der Waals surface area contributed by atoms with Crippen molar-refractivity contribution in [1.29, 1.82) is 0 Å². The number of benzene rings is 1. The Kier molecular flexibility index (Phi) is 3.28. The molecule has 3 heterocycles. The van der Waals surface area contributed by atoms with Crippen LogP contribution in [0.25, 0.3) is 5.52 Å². The van der Waals surface area contributed by atoms with E-state index < -0.39 is 17.7 Å². The highest BCUT2D eigenvalue weighted by Gasteiger charge is 2.36. The van der Waals surface area contributed by atoms with Gasteiger partial charge in [-0.15, -0.1) is 0 Å². The van der Waals surface area contributed by atoms with Gasteiger partial charge in [-0.05, 0) is 36.2 Å². The van der Waals surface area contributed by atoms with Gasteiger partial charge in [-0.2, -0.15) is 5.10 Å². The van der Waals surface area contributed by atoms with Crippen LogP contribution in [0.3, 0.4) is 0 Å². The van der Waals surface area contributed by atoms with Crippen molar-refractivity contribution in [1.82, 2.24) is 14.6 Å². The number of carbonyl (C=O) groups is 2. The van der Waals surface area contributed by atoms with E-state index in [-0.39, 0.29) is 5.91 Å². The van der Waals surface area contributed by atoms with Crippen molar-refractivity contribution in [3.8, 4) is 0 Å². The molecule has 0 fully saturated rings. The monoisotopic (exact) mass is 340 g/mol. The molecule has 3 aromatic rings. The normalized spacial score (nSPS) is 16.0. The first-order valence-electron chi connectivity index (χ1n) is 7.52. The molecule has 1 N–H and O–H groups in total. The number of ether oxygens (including phenoxy) is 1. The van der Waals surface area contributed by atoms with Crippen LogP contribution in [-0.4, -0.2) is 33.6 Å². The van der Waals surface area contributed by atoms with E-state index in [1.165, 1.54) is 42.3 Å². The fourth-order valence-electron chi connectivity index (χ4n) is 3.22. The second-order valence-corrected chi connectivity index (χ2v) is 5.75. The van der Waals surface area contributed by atoms with E-state index in [4.69, 9.17) is 4.74 Å². The average Bonchev–Trinajstić information content (AvgIpc) is 3.10. The lowest BCUT2D eigenvalue weighted by atomic mass is 9.95. The van der Waals surface area contributed by atoms with Crippen molar-refractivity contribution in [2.24, 2.45) is 0 Å². The molecule has 0 radical (unpaired) electrons. The summed E-state index contributed by atoms with van der Waals surface area (Å²) in [5.41, 5.74) is 2.92. The van der Waals surface area contributed by atoms with Crippen LogP contribution >= 0.6 is 0 Å². The molecule has 0 bridgehead atoms. The number of methoxy groups -OCH3 is 1. The van der Waals surface area contributed by atoms with Gasteiger partial charge in [0.25, 0.3) is 0 Å². The molecule has 1 unspecified atom stereocenters. The summed E-state index contributed by atoms with van der Waals surface area (Å²) in [6, 6.07) is 4.12. The summed E-state index contributed by atoms with van der Waals surface area (Å²) in [5, 5.41) is 6.83. The Morgan fingerprint density at radius 3 is 2.96 bits per heavy atom. The molecule has 0 saturated heterocycles. The number of halogens is 1. The van der Waals surface area contributed by atoms with Crippen molar-refractivity contribution < 1.29 is 18.7 Å². The van der Waals surface area contributed by atoms with Gasteiger partial charge in [0.05, 0.1) is 23.9 Å². The second kappa shape index (κ2) is 5.37. The van der Waals surface area contributed by atoms with Gasteiger partial charge in [0.1, 0.15) is 18.1 Å². The molecule has 0 spiro atoms. The number of esters is 1. The number of aryl methyl sites for hydroxylation is 1. The van der Waals surface area contributed by atoms with Crippen LogP contribution in [0, 0.1) is 12.7 Å². The fraction of sp³-hybridized carbons (Fsp3) is 0.176. The Morgan fingerprint density at radius 1 is 1.40 bits per heavy atom. The first-order valence-corrected chi connectivity index (χ1v) is 7.52. The topological polar surface area (TPSA) is 85.6 Å². The Balaban J connectivity index is 1.97. The molecule has 0 saturated carbocycles. The molecule has 8 heteroatoms. The van der Waals surface area contributed by atoms with E-state index in [1.807, 2.05) is 0 Å². The van der Waals surface area contributed by atoms with Crippen LogP contribution in [0.15, 0.2) is 30.7 Å². The SMILES string of the molecule is COC(=O)c1cn2ncnc(C3C(=O)Nc4ccc(F)cc43)c2c1C. The number of fused-ring (bicyclic) bond motifs is 2. The number of aromatic nitrogens is 3. The van der Waals surface area contributed by atoms with Crippen LogP contribution in [0.4, 0.5) is 10.1 Å². The number of rotatable bonds is 2. The van der Waals surface area contributed by atoms with Crippen LogP contribution in [0.1, 0.15) is 33.1 Å². The summed E-state index contributed by atoms with van der Waals surface area (Å²) in [5.74, 6) is -2.03. The zero-order valence-electron chi connectivity index (χ0n) is 13.4. The highest BCUT2D eigenvalue weighted by Crippen LogP contribution is 2.39. The van der Waals surface area contributed by atoms with Gasteiger partial charge >= 0.3 is 5.97 Å². The van der Waals surface area contributed by atoms with Crippen molar-refractivity contribution in [3.63, 3.8) is 0 Å². The van der Waals surface area contributed by atoms with E-state index in [0.29, 0.717) is 33.6 Å². The molecule has 126 valence electrons. The minimum absolute atomic E-state index is 0.304. The van der Waals surface area contributed by atoms with Gasteiger partial charge in [-0.1, -0.05) is 0 Å². The predicted octanol–water partition coefficient (Wildman–Crippen LogP) is 2.05. The second-order valence-electron chi connectivity index (χ2n) is 5.75. The van der Waals surface area contributed by atoms with Gasteiger partial charge < -0.3 is 10.1 Å². The van der Waals surface area contributed by atoms with E-state index >= 15 is 0 Å². The van der Waals surface area contributed by atoms with Crippen molar-refractivity contribution in [2.75, 3.05) is 12.4 Å². The molecule has 4 rings (SSSR count). The minimum atomic E-state index is -0.782. The van der Waals surface area contributed by atoms with Gasteiger partial charge in [0.15, 0.2) is 0 Å². The van der Waals surface area contributed by atoms with Crippen molar-refractivity contribution >= 4 is 23.1 Å². The highest BCUT2D eigenvalue weighted by molar-refractivity contribution is 6.06. The maximum atomic E-state index is 13.7. The largest absolute Gasteiger partial charge is 0.465 e. The molecular weight excluding hydrogens is 327 g/mol. The number of nitrogens with one attached hydrogen (secondary N) is 1. The molecule has 1 amide bonds. The van der Waals surface area contributed by atoms with Gasteiger partial charge in [-0.3, -0.25) is 4.79 Å². The van der Waals surface area contributed by atoms with Gasteiger partial charge in [0.2, 0.25) is 5.91 Å². The molecule has 1 aliphatic heterocycles. The predicted molar refractivity (Wildman–Crippen MR) is 85.9 cm³/mol. The average molecular weight is 340 g/mol. The standard InChI is InChI=1S/C17H13FN4O3/c1-8-11(17(24)25-2)6-22-15(8)14(19-7-20-22)13-10-5-9(18)3-4-12(10)21-16(13)23/h3-7,13H,1-2H3,(H,21,23). The summed E-state index contributed by atoms with van der Waals surface area (Å²) in [6.45, 7) is 1.73. The van der Waals surface area contributed by atoms with Crippen molar-refractivity contribution in [2.45, 2.75) is 12.8 Å². The number of amides is 1. The zero-order valence-corrected chi connectivity index (χ0v) is 13.4. The summed E-state index contributed by atoms with van der Waals surface area (Å²) >= 11 is 0. The third-order valence-electron chi connectivity index (χ3n) is 4.38. The molecule has 1 atom stereocenters. The smallest absolute Gasteiger partial charge is 0.339 e. The van der Waals surface area contributed by atoms with E-state index in [1.54, 1.807) is 6.92 Å². The molecule has 0 aliphatic carbocycles. The van der Waals surface area contributed by atoms with E-state index in [9.17, 15) is 14.0 Å². The maximum Gasteiger partial charge on any atom is 0.339 e. The lowest BCUT2D eigenvalue weighted by Gasteiger charge is -2.10. The Labute approximate surface area is 141 Å². The first kappa shape index (κ1) is 15.3. The minimum Gasteiger partial charge on any atom is -0.465 e.